The molecule has 0 aromatic carbocycles. The molecule has 3 atom stereocenters. The van der Waals surface area contributed by atoms with Crippen LogP contribution in [0.1, 0.15) is 32.6 Å². The maximum Gasteiger partial charge on any atom is 0.228 e. The van der Waals surface area contributed by atoms with Crippen molar-refractivity contribution in [3.8, 4) is 0 Å². The highest BCUT2D eigenvalue weighted by Crippen LogP contribution is 2.27. The topological polar surface area (TPSA) is 55.6 Å². The number of nitrogens with two attached hydrogens (primary N) is 1. The van der Waals surface area contributed by atoms with Crippen LogP contribution in [-0.4, -0.2) is 43.2 Å². The second-order valence-corrected chi connectivity index (χ2v) is 5.24. The molecule has 2 saturated heterocycles. The zero-order valence-corrected chi connectivity index (χ0v) is 10.7. The molecule has 2 heterocycles. The number of carbonyl (C=O) groups excluding carboxylic acids is 1. The van der Waals surface area contributed by atoms with E-state index in [1.165, 1.54) is 6.42 Å². The van der Waals surface area contributed by atoms with Crippen LogP contribution < -0.4 is 5.73 Å². The zero-order chi connectivity index (χ0) is 12.3. The number of ether oxygens (including phenoxy) is 1. The van der Waals surface area contributed by atoms with E-state index in [2.05, 4.69) is 6.92 Å². The summed E-state index contributed by atoms with van der Waals surface area (Å²) in [5, 5.41) is 0. The van der Waals surface area contributed by atoms with E-state index in [0.717, 1.165) is 39.0 Å². The summed E-state index contributed by atoms with van der Waals surface area (Å²) in [6.07, 6.45) is 4.23. The molecule has 1 amide bonds. The molecule has 0 aliphatic carbocycles. The Morgan fingerprint density at radius 2 is 2.29 bits per heavy atom. The monoisotopic (exact) mass is 240 g/mol. The predicted octanol–water partition coefficient (Wildman–Crippen LogP) is 0.999. The molecule has 3 unspecified atom stereocenters. The van der Waals surface area contributed by atoms with Crippen LogP contribution in [0, 0.1) is 11.8 Å². The van der Waals surface area contributed by atoms with Gasteiger partial charge < -0.3 is 15.4 Å². The lowest BCUT2D eigenvalue weighted by Gasteiger charge is -2.34. The number of amides is 1. The van der Waals surface area contributed by atoms with E-state index in [1.807, 2.05) is 4.90 Å². The smallest absolute Gasteiger partial charge is 0.228 e. The molecule has 4 heteroatoms. The first-order valence-electron chi connectivity index (χ1n) is 6.86. The van der Waals surface area contributed by atoms with E-state index in [1.54, 1.807) is 0 Å². The van der Waals surface area contributed by atoms with Crippen LogP contribution in [0.5, 0.6) is 0 Å². The number of nitrogens with zero attached hydrogens (tertiary/aromatic N) is 1. The maximum absolute atomic E-state index is 12.4. The molecule has 2 aliphatic rings. The van der Waals surface area contributed by atoms with E-state index in [4.69, 9.17) is 10.5 Å². The van der Waals surface area contributed by atoms with Crippen LogP contribution >= 0.6 is 0 Å². The van der Waals surface area contributed by atoms with Crippen molar-refractivity contribution in [3.05, 3.63) is 0 Å². The highest BCUT2D eigenvalue weighted by Gasteiger charge is 2.36. The number of carbonyl (C=O) groups is 1. The van der Waals surface area contributed by atoms with Gasteiger partial charge in [-0.1, -0.05) is 6.92 Å². The minimum absolute atomic E-state index is 0.0940. The van der Waals surface area contributed by atoms with Gasteiger partial charge in [0, 0.05) is 19.7 Å². The fraction of sp³-hybridized carbons (Fsp3) is 0.923. The molecular formula is C13H24N2O2. The van der Waals surface area contributed by atoms with Gasteiger partial charge in [0.25, 0.3) is 0 Å². The van der Waals surface area contributed by atoms with Crippen LogP contribution in [0.2, 0.25) is 0 Å². The molecule has 0 saturated carbocycles. The van der Waals surface area contributed by atoms with Gasteiger partial charge in [-0.25, -0.2) is 0 Å². The molecular weight excluding hydrogens is 216 g/mol. The van der Waals surface area contributed by atoms with Gasteiger partial charge in [0.2, 0.25) is 5.91 Å². The second-order valence-electron chi connectivity index (χ2n) is 5.24. The van der Waals surface area contributed by atoms with Crippen LogP contribution in [0.4, 0.5) is 0 Å². The Balaban J connectivity index is 1.94. The largest absolute Gasteiger partial charge is 0.377 e. The van der Waals surface area contributed by atoms with E-state index in [0.29, 0.717) is 18.4 Å². The van der Waals surface area contributed by atoms with Crippen molar-refractivity contribution in [2.45, 2.75) is 38.7 Å². The van der Waals surface area contributed by atoms with Gasteiger partial charge in [-0.15, -0.1) is 0 Å². The molecule has 0 aromatic heterocycles. The Morgan fingerprint density at radius 3 is 3.00 bits per heavy atom. The summed E-state index contributed by atoms with van der Waals surface area (Å²) in [6.45, 7) is 5.28. The third kappa shape index (κ3) is 2.80. The van der Waals surface area contributed by atoms with Crippen molar-refractivity contribution in [2.75, 3.05) is 26.2 Å². The third-order valence-electron chi connectivity index (χ3n) is 4.09. The van der Waals surface area contributed by atoms with Crippen LogP contribution in [0.25, 0.3) is 0 Å². The summed E-state index contributed by atoms with van der Waals surface area (Å²) < 4.78 is 5.61. The molecule has 4 nitrogen and oxygen atoms in total. The Morgan fingerprint density at radius 1 is 1.47 bits per heavy atom. The molecule has 0 aromatic rings. The molecule has 2 rings (SSSR count). The van der Waals surface area contributed by atoms with Crippen molar-refractivity contribution < 1.29 is 9.53 Å². The van der Waals surface area contributed by atoms with Gasteiger partial charge in [0.15, 0.2) is 0 Å². The van der Waals surface area contributed by atoms with Crippen LogP contribution in [-0.2, 0) is 9.53 Å². The van der Waals surface area contributed by atoms with Crippen molar-refractivity contribution in [1.29, 1.82) is 0 Å². The molecule has 2 aliphatic heterocycles. The molecule has 98 valence electrons. The van der Waals surface area contributed by atoms with Crippen molar-refractivity contribution in [1.82, 2.24) is 4.90 Å². The van der Waals surface area contributed by atoms with E-state index in [9.17, 15) is 4.79 Å². The number of hydrogen-bond acceptors (Lipinski definition) is 3. The minimum Gasteiger partial charge on any atom is -0.377 e. The van der Waals surface area contributed by atoms with Gasteiger partial charge in [-0.2, -0.15) is 0 Å². The third-order valence-corrected chi connectivity index (χ3v) is 4.09. The average molecular weight is 240 g/mol. The van der Waals surface area contributed by atoms with Crippen molar-refractivity contribution >= 4 is 5.91 Å². The highest BCUT2D eigenvalue weighted by molar-refractivity contribution is 5.79. The molecule has 0 radical (unpaired) electrons. The lowest BCUT2D eigenvalue weighted by atomic mass is 9.93. The normalized spacial score (nSPS) is 34.0. The Kier molecular flexibility index (Phi) is 4.40. The Hall–Kier alpha value is -0.610. The second kappa shape index (κ2) is 5.83. The van der Waals surface area contributed by atoms with Crippen molar-refractivity contribution in [2.24, 2.45) is 17.6 Å². The number of rotatable bonds is 3. The van der Waals surface area contributed by atoms with E-state index < -0.39 is 0 Å². The number of piperidine rings is 1. The lowest BCUT2D eigenvalue weighted by molar-refractivity contribution is -0.139. The van der Waals surface area contributed by atoms with Gasteiger partial charge in [-0.3, -0.25) is 4.79 Å². The first kappa shape index (κ1) is 12.8. The van der Waals surface area contributed by atoms with Gasteiger partial charge in [-0.05, 0) is 38.1 Å². The Labute approximate surface area is 103 Å². The molecule has 0 bridgehead atoms. The number of hydrogen-bond donors (Lipinski definition) is 1. The van der Waals surface area contributed by atoms with Crippen LogP contribution in [0.3, 0.4) is 0 Å². The molecule has 2 N–H and O–H groups in total. The summed E-state index contributed by atoms with van der Waals surface area (Å²) in [4.78, 5) is 14.5. The molecule has 0 spiro atoms. The van der Waals surface area contributed by atoms with Crippen LogP contribution in [0.15, 0.2) is 0 Å². The summed E-state index contributed by atoms with van der Waals surface area (Å²) in [6, 6.07) is 0. The maximum atomic E-state index is 12.4. The van der Waals surface area contributed by atoms with Gasteiger partial charge in [0.05, 0.1) is 12.0 Å². The summed E-state index contributed by atoms with van der Waals surface area (Å²) in [5.41, 5.74) is 5.71. The molecule has 17 heavy (non-hydrogen) atoms. The van der Waals surface area contributed by atoms with Gasteiger partial charge >= 0.3 is 0 Å². The lowest BCUT2D eigenvalue weighted by Crippen LogP contribution is -2.46. The fourth-order valence-electron chi connectivity index (χ4n) is 3.03. The van der Waals surface area contributed by atoms with Gasteiger partial charge in [0.1, 0.15) is 0 Å². The first-order chi connectivity index (χ1) is 8.26. The van der Waals surface area contributed by atoms with Crippen molar-refractivity contribution in [3.63, 3.8) is 0 Å². The summed E-state index contributed by atoms with van der Waals surface area (Å²) in [7, 11) is 0. The summed E-state index contributed by atoms with van der Waals surface area (Å²) >= 11 is 0. The summed E-state index contributed by atoms with van der Waals surface area (Å²) in [5.74, 6) is 0.888. The Bertz CT molecular complexity index is 270. The van der Waals surface area contributed by atoms with E-state index >= 15 is 0 Å². The standard InChI is InChI=1S/C13H24N2O2/c1-2-12-11(5-7-17-12)13(16)15-6-3-4-10(8-14)9-15/h10-12H,2-9,14H2,1H3. The fourth-order valence-corrected chi connectivity index (χ4v) is 3.03. The number of likely N-dealkylation sites (tertiary alicyclic amines) is 1. The zero-order valence-electron chi connectivity index (χ0n) is 10.7. The van der Waals surface area contributed by atoms with E-state index in [-0.39, 0.29) is 12.0 Å². The average Bonchev–Trinajstić information content (AvgIpc) is 2.86. The quantitative estimate of drug-likeness (QED) is 0.800. The highest BCUT2D eigenvalue weighted by atomic mass is 16.5. The molecule has 2 fully saturated rings. The first-order valence-corrected chi connectivity index (χ1v) is 6.86. The SMILES string of the molecule is CCC1OCCC1C(=O)N1CCCC(CN)C1. The predicted molar refractivity (Wildman–Crippen MR) is 66.5 cm³/mol. The minimum atomic E-state index is 0.0940.